The summed E-state index contributed by atoms with van der Waals surface area (Å²) in [7, 11) is 1.82. The van der Waals surface area contributed by atoms with E-state index < -0.39 is 0 Å². The number of carbonyl (C=O) groups excluding carboxylic acids is 1. The van der Waals surface area contributed by atoms with Gasteiger partial charge in [0.2, 0.25) is 0 Å². The molecule has 2 aromatic heterocycles. The first-order chi connectivity index (χ1) is 9.95. The van der Waals surface area contributed by atoms with E-state index in [0.29, 0.717) is 22.1 Å². The summed E-state index contributed by atoms with van der Waals surface area (Å²) < 4.78 is 2.65. The van der Waals surface area contributed by atoms with Crippen molar-refractivity contribution in [3.63, 3.8) is 0 Å². The molecule has 21 heavy (non-hydrogen) atoms. The summed E-state index contributed by atoms with van der Waals surface area (Å²) >= 11 is 1.40. The maximum absolute atomic E-state index is 12.4. The molecule has 0 aliphatic carbocycles. The Morgan fingerprint density at radius 1 is 1.38 bits per heavy atom. The molecule has 2 heterocycles. The molecule has 0 saturated carbocycles. The predicted molar refractivity (Wildman–Crippen MR) is 84.7 cm³/mol. The van der Waals surface area contributed by atoms with Crippen molar-refractivity contribution < 1.29 is 4.79 Å². The molecule has 6 nitrogen and oxygen atoms in total. The van der Waals surface area contributed by atoms with Crippen LogP contribution in [0.5, 0.6) is 0 Å². The van der Waals surface area contributed by atoms with Gasteiger partial charge in [-0.1, -0.05) is 11.3 Å². The van der Waals surface area contributed by atoms with Gasteiger partial charge in [-0.3, -0.25) is 14.8 Å². The molecular weight excluding hydrogens is 286 g/mol. The first-order valence-corrected chi connectivity index (χ1v) is 7.25. The number of hydrogen-bond donors (Lipinski definition) is 2. The van der Waals surface area contributed by atoms with E-state index in [1.807, 2.05) is 33.0 Å². The molecule has 0 spiro atoms. The maximum atomic E-state index is 12.4. The van der Waals surface area contributed by atoms with Gasteiger partial charge in [0.1, 0.15) is 0 Å². The number of carbonyl (C=O) groups is 1. The van der Waals surface area contributed by atoms with Crippen molar-refractivity contribution in [2.75, 3.05) is 11.1 Å². The number of benzene rings is 1. The lowest BCUT2D eigenvalue weighted by Gasteiger charge is -2.01. The van der Waals surface area contributed by atoms with Crippen molar-refractivity contribution >= 4 is 38.3 Å². The normalized spacial score (nSPS) is 11.0. The largest absolute Gasteiger partial charge is 0.399 e. The number of nitrogens with two attached hydrogens (primary N) is 1. The summed E-state index contributed by atoms with van der Waals surface area (Å²) in [6, 6.07) is 5.49. The molecule has 108 valence electrons. The molecule has 3 rings (SSSR count). The Hall–Kier alpha value is -2.41. The molecule has 0 radical (unpaired) electrons. The lowest BCUT2D eigenvalue weighted by molar-refractivity contribution is 0.102. The van der Waals surface area contributed by atoms with Crippen molar-refractivity contribution in [2.24, 2.45) is 7.05 Å². The second-order valence-electron chi connectivity index (χ2n) is 4.87. The van der Waals surface area contributed by atoms with Crippen LogP contribution in [0.3, 0.4) is 0 Å². The van der Waals surface area contributed by atoms with Crippen LogP contribution in [-0.4, -0.2) is 20.7 Å². The molecule has 0 bridgehead atoms. The SMILES string of the molecule is Cc1nn(C)c(C)c1C(=O)Nc1nc2ccc(N)cc2s1. The fourth-order valence-corrected chi connectivity index (χ4v) is 3.17. The highest BCUT2D eigenvalue weighted by Gasteiger charge is 2.18. The average molecular weight is 301 g/mol. The van der Waals surface area contributed by atoms with E-state index in [-0.39, 0.29) is 5.91 Å². The van der Waals surface area contributed by atoms with Crippen molar-refractivity contribution in [1.29, 1.82) is 0 Å². The van der Waals surface area contributed by atoms with Crippen LogP contribution in [0.4, 0.5) is 10.8 Å². The number of anilines is 2. The van der Waals surface area contributed by atoms with Gasteiger partial charge < -0.3 is 5.73 Å². The fraction of sp³-hybridized carbons (Fsp3) is 0.214. The smallest absolute Gasteiger partial charge is 0.261 e. The second-order valence-corrected chi connectivity index (χ2v) is 5.90. The van der Waals surface area contributed by atoms with Gasteiger partial charge in [0.05, 0.1) is 21.5 Å². The van der Waals surface area contributed by atoms with E-state index in [2.05, 4.69) is 15.4 Å². The average Bonchev–Trinajstić information content (AvgIpc) is 2.90. The van der Waals surface area contributed by atoms with E-state index in [4.69, 9.17) is 5.73 Å². The lowest BCUT2D eigenvalue weighted by atomic mass is 10.2. The van der Waals surface area contributed by atoms with E-state index in [1.165, 1.54) is 11.3 Å². The van der Waals surface area contributed by atoms with Gasteiger partial charge in [0.25, 0.3) is 5.91 Å². The van der Waals surface area contributed by atoms with Gasteiger partial charge in [-0.25, -0.2) is 4.98 Å². The molecule has 7 heteroatoms. The highest BCUT2D eigenvalue weighted by atomic mass is 32.1. The van der Waals surface area contributed by atoms with Crippen LogP contribution in [0.1, 0.15) is 21.7 Å². The molecule has 3 aromatic rings. The molecule has 0 aliphatic rings. The van der Waals surface area contributed by atoms with Crippen molar-refractivity contribution in [1.82, 2.24) is 14.8 Å². The maximum Gasteiger partial charge on any atom is 0.261 e. The molecule has 0 aliphatic heterocycles. The zero-order chi connectivity index (χ0) is 15.1. The summed E-state index contributed by atoms with van der Waals surface area (Å²) in [4.78, 5) is 16.8. The second kappa shape index (κ2) is 4.85. The minimum atomic E-state index is -0.190. The van der Waals surface area contributed by atoms with Crippen LogP contribution in [0, 0.1) is 13.8 Å². The first-order valence-electron chi connectivity index (χ1n) is 6.43. The highest BCUT2D eigenvalue weighted by Crippen LogP contribution is 2.28. The monoisotopic (exact) mass is 301 g/mol. The van der Waals surface area contributed by atoms with E-state index in [9.17, 15) is 4.79 Å². The summed E-state index contributed by atoms with van der Waals surface area (Å²) in [6.07, 6.45) is 0. The zero-order valence-electron chi connectivity index (χ0n) is 12.0. The third-order valence-corrected chi connectivity index (χ3v) is 4.30. The van der Waals surface area contributed by atoms with Crippen LogP contribution in [0.15, 0.2) is 18.2 Å². The number of aryl methyl sites for hydroxylation is 2. The molecule has 1 amide bonds. The highest BCUT2D eigenvalue weighted by molar-refractivity contribution is 7.22. The molecule has 0 unspecified atom stereocenters. The van der Waals surface area contributed by atoms with Crippen LogP contribution in [0.25, 0.3) is 10.2 Å². The molecular formula is C14H15N5OS. The molecule has 1 aromatic carbocycles. The summed E-state index contributed by atoms with van der Waals surface area (Å²) in [5, 5.41) is 7.64. The number of nitrogen functional groups attached to an aromatic ring is 1. The minimum absolute atomic E-state index is 0.190. The Bertz CT molecular complexity index is 849. The Morgan fingerprint density at radius 2 is 2.14 bits per heavy atom. The van der Waals surface area contributed by atoms with Crippen molar-refractivity contribution in [2.45, 2.75) is 13.8 Å². The summed E-state index contributed by atoms with van der Waals surface area (Å²) in [5.74, 6) is -0.190. The quantitative estimate of drug-likeness (QED) is 0.712. The third kappa shape index (κ3) is 2.36. The number of amides is 1. The van der Waals surface area contributed by atoms with Gasteiger partial charge in [-0.05, 0) is 32.0 Å². The molecule has 3 N–H and O–H groups in total. The first kappa shape index (κ1) is 13.6. The predicted octanol–water partition coefficient (Wildman–Crippen LogP) is 2.48. The minimum Gasteiger partial charge on any atom is -0.399 e. The van der Waals surface area contributed by atoms with E-state index in [1.54, 1.807) is 10.7 Å². The Morgan fingerprint density at radius 3 is 2.81 bits per heavy atom. The Balaban J connectivity index is 1.92. The lowest BCUT2D eigenvalue weighted by Crippen LogP contribution is -2.13. The number of fused-ring (bicyclic) bond motifs is 1. The van der Waals surface area contributed by atoms with Crippen molar-refractivity contribution in [3.05, 3.63) is 35.2 Å². The van der Waals surface area contributed by atoms with Gasteiger partial charge >= 0.3 is 0 Å². The van der Waals surface area contributed by atoms with Crippen LogP contribution < -0.4 is 11.1 Å². The molecule has 0 saturated heterocycles. The van der Waals surface area contributed by atoms with E-state index >= 15 is 0 Å². The van der Waals surface area contributed by atoms with Gasteiger partial charge in [-0.15, -0.1) is 0 Å². The van der Waals surface area contributed by atoms with Gasteiger partial charge in [0.15, 0.2) is 5.13 Å². The van der Waals surface area contributed by atoms with Crippen LogP contribution in [-0.2, 0) is 7.05 Å². The standard InChI is InChI=1S/C14H15N5OS/c1-7-12(8(2)19(3)18-7)13(20)17-14-16-10-5-4-9(15)6-11(10)21-14/h4-6H,15H2,1-3H3,(H,16,17,20). The molecule has 0 fully saturated rings. The van der Waals surface area contributed by atoms with Gasteiger partial charge in [-0.2, -0.15) is 5.10 Å². The number of rotatable bonds is 2. The number of hydrogen-bond acceptors (Lipinski definition) is 5. The Labute approximate surface area is 125 Å². The van der Waals surface area contributed by atoms with E-state index in [0.717, 1.165) is 15.9 Å². The van der Waals surface area contributed by atoms with Crippen LogP contribution >= 0.6 is 11.3 Å². The fourth-order valence-electron chi connectivity index (χ4n) is 2.26. The van der Waals surface area contributed by atoms with Crippen molar-refractivity contribution in [3.8, 4) is 0 Å². The van der Waals surface area contributed by atoms with Crippen LogP contribution in [0.2, 0.25) is 0 Å². The number of thiazole rings is 1. The molecule has 0 atom stereocenters. The summed E-state index contributed by atoms with van der Waals surface area (Å²) in [6.45, 7) is 3.69. The number of nitrogens with zero attached hydrogens (tertiary/aromatic N) is 3. The summed E-state index contributed by atoms with van der Waals surface area (Å²) in [5.41, 5.74) is 9.38. The number of aromatic nitrogens is 3. The zero-order valence-corrected chi connectivity index (χ0v) is 12.8. The topological polar surface area (TPSA) is 85.8 Å². The van der Waals surface area contributed by atoms with Gasteiger partial charge in [0, 0.05) is 18.4 Å². The third-order valence-electron chi connectivity index (χ3n) is 3.37. The Kier molecular flexibility index (Phi) is 3.13. The number of nitrogens with one attached hydrogen (secondary N) is 1.